The fourth-order valence-electron chi connectivity index (χ4n) is 2.71. The first-order valence-electron chi connectivity index (χ1n) is 8.16. The molecule has 1 amide bonds. The molecule has 1 saturated carbocycles. The van der Waals surface area contributed by atoms with Crippen LogP contribution in [0.5, 0.6) is 0 Å². The first-order chi connectivity index (χ1) is 10.3. The molecule has 1 aliphatic rings. The lowest BCUT2D eigenvalue weighted by Crippen LogP contribution is -2.48. The highest BCUT2D eigenvalue weighted by Gasteiger charge is 2.23. The fraction of sp³-hybridized carbons (Fsp3) is 0.938. The van der Waals surface area contributed by atoms with Gasteiger partial charge in [0.2, 0.25) is 0 Å². The van der Waals surface area contributed by atoms with E-state index in [1.54, 1.807) is 7.11 Å². The molecule has 0 saturated heterocycles. The minimum Gasteiger partial charge on any atom is -0.444 e. The molecule has 1 unspecified atom stereocenters. The zero-order valence-electron chi connectivity index (χ0n) is 14.4. The van der Waals surface area contributed by atoms with E-state index in [0.717, 1.165) is 32.3 Å². The number of hydrogen-bond donors (Lipinski definition) is 3. The Morgan fingerprint density at radius 3 is 2.41 bits per heavy atom. The molecule has 22 heavy (non-hydrogen) atoms. The third-order valence-corrected chi connectivity index (χ3v) is 3.84. The van der Waals surface area contributed by atoms with Gasteiger partial charge in [-0.15, -0.1) is 0 Å². The summed E-state index contributed by atoms with van der Waals surface area (Å²) in [7, 11) is 1.75. The number of carbonyl (C=O) groups excluding carboxylic acids is 1. The summed E-state index contributed by atoms with van der Waals surface area (Å²) in [5.74, 6) is 0.663. The number of carbonyl (C=O) groups is 1. The average Bonchev–Trinajstić information content (AvgIpc) is 2.43. The SMILES string of the molecule is COCC1CCC(NCC(CO)NC(=O)OC(C)(C)C)CC1. The first kappa shape index (κ1) is 19.2. The van der Waals surface area contributed by atoms with E-state index in [0.29, 0.717) is 18.5 Å². The first-order valence-corrected chi connectivity index (χ1v) is 8.16. The van der Waals surface area contributed by atoms with Crippen molar-refractivity contribution in [3.05, 3.63) is 0 Å². The molecular weight excluding hydrogens is 284 g/mol. The Morgan fingerprint density at radius 1 is 1.27 bits per heavy atom. The van der Waals surface area contributed by atoms with Crippen molar-refractivity contribution in [2.45, 2.75) is 64.1 Å². The lowest BCUT2D eigenvalue weighted by molar-refractivity contribution is 0.0480. The van der Waals surface area contributed by atoms with Crippen LogP contribution in [0.3, 0.4) is 0 Å². The lowest BCUT2D eigenvalue weighted by atomic mass is 9.86. The van der Waals surface area contributed by atoms with E-state index in [1.165, 1.54) is 0 Å². The lowest BCUT2D eigenvalue weighted by Gasteiger charge is -2.30. The van der Waals surface area contributed by atoms with Gasteiger partial charge >= 0.3 is 6.09 Å². The van der Waals surface area contributed by atoms with Gasteiger partial charge in [-0.2, -0.15) is 0 Å². The molecule has 1 aliphatic carbocycles. The summed E-state index contributed by atoms with van der Waals surface area (Å²) in [4.78, 5) is 11.7. The molecule has 130 valence electrons. The van der Waals surface area contributed by atoms with Crippen molar-refractivity contribution in [1.29, 1.82) is 0 Å². The van der Waals surface area contributed by atoms with Crippen molar-refractivity contribution in [1.82, 2.24) is 10.6 Å². The molecule has 3 N–H and O–H groups in total. The molecule has 6 heteroatoms. The fourth-order valence-corrected chi connectivity index (χ4v) is 2.71. The van der Waals surface area contributed by atoms with Crippen LogP contribution in [0.15, 0.2) is 0 Å². The van der Waals surface area contributed by atoms with E-state index in [1.807, 2.05) is 20.8 Å². The summed E-state index contributed by atoms with van der Waals surface area (Å²) in [5, 5.41) is 15.5. The minimum absolute atomic E-state index is 0.106. The van der Waals surface area contributed by atoms with Crippen LogP contribution in [0.1, 0.15) is 46.5 Å². The highest BCUT2D eigenvalue weighted by molar-refractivity contribution is 5.68. The number of aliphatic hydroxyl groups is 1. The molecule has 6 nitrogen and oxygen atoms in total. The summed E-state index contributed by atoms with van der Waals surface area (Å²) in [6.45, 7) is 6.73. The van der Waals surface area contributed by atoms with Crippen molar-refractivity contribution in [3.8, 4) is 0 Å². The Labute approximate surface area is 133 Å². The van der Waals surface area contributed by atoms with E-state index < -0.39 is 11.7 Å². The van der Waals surface area contributed by atoms with Crippen molar-refractivity contribution < 1.29 is 19.4 Å². The molecule has 0 spiro atoms. The van der Waals surface area contributed by atoms with Crippen LogP contribution >= 0.6 is 0 Å². The smallest absolute Gasteiger partial charge is 0.407 e. The van der Waals surface area contributed by atoms with Crippen molar-refractivity contribution in [2.75, 3.05) is 26.9 Å². The zero-order valence-corrected chi connectivity index (χ0v) is 14.4. The maximum Gasteiger partial charge on any atom is 0.407 e. The van der Waals surface area contributed by atoms with E-state index >= 15 is 0 Å². The molecule has 0 radical (unpaired) electrons. The van der Waals surface area contributed by atoms with Crippen LogP contribution in [-0.2, 0) is 9.47 Å². The quantitative estimate of drug-likeness (QED) is 0.666. The summed E-state index contributed by atoms with van der Waals surface area (Å²) in [5.41, 5.74) is -0.531. The summed E-state index contributed by atoms with van der Waals surface area (Å²) in [6.07, 6.45) is 4.05. The Morgan fingerprint density at radius 2 is 1.91 bits per heavy atom. The molecule has 1 fully saturated rings. The molecule has 1 rings (SSSR count). The topological polar surface area (TPSA) is 79.8 Å². The number of aliphatic hydroxyl groups excluding tert-OH is 1. The van der Waals surface area contributed by atoms with Crippen LogP contribution in [0.25, 0.3) is 0 Å². The van der Waals surface area contributed by atoms with E-state index in [4.69, 9.17) is 9.47 Å². The zero-order chi connectivity index (χ0) is 16.6. The number of nitrogens with one attached hydrogen (secondary N) is 2. The second-order valence-corrected chi connectivity index (χ2v) is 7.11. The number of methoxy groups -OCH3 is 1. The Balaban J connectivity index is 2.25. The van der Waals surface area contributed by atoms with Crippen LogP contribution in [0.2, 0.25) is 0 Å². The number of alkyl carbamates (subject to hydrolysis) is 1. The van der Waals surface area contributed by atoms with Gasteiger partial charge in [0.1, 0.15) is 5.60 Å². The normalized spacial score (nSPS) is 23.9. The van der Waals surface area contributed by atoms with Gasteiger partial charge in [0, 0.05) is 26.3 Å². The van der Waals surface area contributed by atoms with Crippen molar-refractivity contribution in [3.63, 3.8) is 0 Å². The van der Waals surface area contributed by atoms with Gasteiger partial charge in [0.05, 0.1) is 12.6 Å². The Kier molecular flexibility index (Phi) is 8.14. The highest BCUT2D eigenvalue weighted by Crippen LogP contribution is 2.24. The second kappa shape index (κ2) is 9.33. The van der Waals surface area contributed by atoms with Gasteiger partial charge in [0.15, 0.2) is 0 Å². The van der Waals surface area contributed by atoms with Crippen LogP contribution in [0, 0.1) is 5.92 Å². The molecular formula is C16H32N2O4. The minimum atomic E-state index is -0.531. The molecule has 0 aromatic carbocycles. The van der Waals surface area contributed by atoms with Gasteiger partial charge in [-0.05, 0) is 52.4 Å². The number of ether oxygens (including phenoxy) is 2. The third kappa shape index (κ3) is 7.96. The predicted molar refractivity (Wildman–Crippen MR) is 85.9 cm³/mol. The summed E-state index contributed by atoms with van der Waals surface area (Å²) < 4.78 is 10.4. The summed E-state index contributed by atoms with van der Waals surface area (Å²) in [6, 6.07) is 0.120. The maximum absolute atomic E-state index is 11.7. The summed E-state index contributed by atoms with van der Waals surface area (Å²) >= 11 is 0. The third-order valence-electron chi connectivity index (χ3n) is 3.84. The van der Waals surface area contributed by atoms with Gasteiger partial charge in [-0.25, -0.2) is 4.79 Å². The van der Waals surface area contributed by atoms with Crippen LogP contribution in [0.4, 0.5) is 4.79 Å². The number of hydrogen-bond acceptors (Lipinski definition) is 5. The van der Waals surface area contributed by atoms with E-state index in [9.17, 15) is 9.90 Å². The monoisotopic (exact) mass is 316 g/mol. The van der Waals surface area contributed by atoms with E-state index in [-0.39, 0.29) is 12.6 Å². The Bertz CT molecular complexity index is 323. The maximum atomic E-state index is 11.7. The van der Waals surface area contributed by atoms with Crippen molar-refractivity contribution in [2.24, 2.45) is 5.92 Å². The average molecular weight is 316 g/mol. The molecule has 0 aliphatic heterocycles. The second-order valence-electron chi connectivity index (χ2n) is 7.11. The highest BCUT2D eigenvalue weighted by atomic mass is 16.6. The largest absolute Gasteiger partial charge is 0.444 e. The van der Waals surface area contributed by atoms with Gasteiger partial charge in [0.25, 0.3) is 0 Å². The van der Waals surface area contributed by atoms with Gasteiger partial charge in [-0.1, -0.05) is 0 Å². The molecule has 1 atom stereocenters. The molecule has 0 aromatic heterocycles. The number of amides is 1. The standard InChI is InChI=1S/C16H32N2O4/c1-16(2,3)22-15(20)18-14(10-19)9-17-13-7-5-12(6-8-13)11-21-4/h12-14,17,19H,5-11H2,1-4H3,(H,18,20). The number of rotatable bonds is 7. The van der Waals surface area contributed by atoms with Gasteiger partial charge < -0.3 is 25.2 Å². The molecule has 0 heterocycles. The van der Waals surface area contributed by atoms with Crippen molar-refractivity contribution >= 4 is 6.09 Å². The van der Waals surface area contributed by atoms with Crippen LogP contribution < -0.4 is 10.6 Å². The molecule has 0 aromatic rings. The Hall–Kier alpha value is -0.850. The van der Waals surface area contributed by atoms with Gasteiger partial charge in [-0.3, -0.25) is 0 Å². The van der Waals surface area contributed by atoms with Crippen LogP contribution in [-0.4, -0.2) is 55.8 Å². The molecule has 0 bridgehead atoms. The van der Waals surface area contributed by atoms with E-state index in [2.05, 4.69) is 10.6 Å². The predicted octanol–water partition coefficient (Wildman–Crippen LogP) is 1.67.